The third kappa shape index (κ3) is 4.90. The Bertz CT molecular complexity index is 678. The smallest absolute Gasteiger partial charge is 0.228 e. The molecular weight excluding hydrogens is 303 g/mol. The zero-order valence-electron chi connectivity index (χ0n) is 13.8. The number of carbonyl (C=O) groups excluding carboxylic acids is 1. The second-order valence-corrected chi connectivity index (χ2v) is 6.39. The molecule has 0 radical (unpaired) electrons. The molecule has 1 fully saturated rings. The van der Waals surface area contributed by atoms with E-state index in [9.17, 15) is 9.18 Å². The highest BCUT2D eigenvalue weighted by Crippen LogP contribution is 2.16. The van der Waals surface area contributed by atoms with Crippen LogP contribution in [0, 0.1) is 5.82 Å². The standard InChI is InChI=1S/C20H23FN2O/c21-18-9-7-16(8-10-18)14-20(24)22-19-6-4-5-17(13-19)15-23-11-2-1-3-12-23/h4-10,13H,1-3,11-12,14-15H2,(H,22,24). The van der Waals surface area contributed by atoms with E-state index in [0.29, 0.717) is 0 Å². The predicted molar refractivity (Wildman–Crippen MR) is 94.3 cm³/mol. The number of halogens is 1. The van der Waals surface area contributed by atoms with E-state index in [2.05, 4.69) is 16.3 Å². The number of rotatable bonds is 5. The molecule has 1 saturated heterocycles. The molecule has 126 valence electrons. The highest BCUT2D eigenvalue weighted by molar-refractivity contribution is 5.92. The summed E-state index contributed by atoms with van der Waals surface area (Å²) in [6.07, 6.45) is 4.12. The molecule has 4 heteroatoms. The summed E-state index contributed by atoms with van der Waals surface area (Å²) in [6, 6.07) is 14.1. The van der Waals surface area contributed by atoms with Crippen molar-refractivity contribution >= 4 is 11.6 Å². The largest absolute Gasteiger partial charge is 0.326 e. The van der Waals surface area contributed by atoms with Gasteiger partial charge in [0.05, 0.1) is 6.42 Å². The van der Waals surface area contributed by atoms with Crippen molar-refractivity contribution < 1.29 is 9.18 Å². The Kier molecular flexibility index (Phi) is 5.59. The molecule has 0 aromatic heterocycles. The fourth-order valence-corrected chi connectivity index (χ4v) is 3.12. The molecule has 2 aromatic carbocycles. The number of piperidine rings is 1. The number of hydrogen-bond donors (Lipinski definition) is 1. The van der Waals surface area contributed by atoms with Crippen LogP contribution in [0.2, 0.25) is 0 Å². The van der Waals surface area contributed by atoms with Gasteiger partial charge in [-0.25, -0.2) is 4.39 Å². The van der Waals surface area contributed by atoms with Gasteiger partial charge in [0.25, 0.3) is 0 Å². The number of amides is 1. The monoisotopic (exact) mass is 326 g/mol. The summed E-state index contributed by atoms with van der Waals surface area (Å²) >= 11 is 0. The minimum absolute atomic E-state index is 0.0864. The van der Waals surface area contributed by atoms with Crippen LogP contribution in [0.1, 0.15) is 30.4 Å². The number of anilines is 1. The Morgan fingerprint density at radius 2 is 1.75 bits per heavy atom. The number of carbonyl (C=O) groups is 1. The van der Waals surface area contributed by atoms with Gasteiger partial charge in [0.2, 0.25) is 5.91 Å². The predicted octanol–water partition coefficient (Wildman–Crippen LogP) is 3.99. The lowest BCUT2D eigenvalue weighted by molar-refractivity contribution is -0.115. The topological polar surface area (TPSA) is 32.3 Å². The molecule has 1 aliphatic heterocycles. The molecule has 0 atom stereocenters. The summed E-state index contributed by atoms with van der Waals surface area (Å²) in [6.45, 7) is 3.24. The molecule has 1 heterocycles. The third-order valence-corrected chi connectivity index (χ3v) is 4.34. The van der Waals surface area contributed by atoms with E-state index in [4.69, 9.17) is 0 Å². The van der Waals surface area contributed by atoms with Gasteiger partial charge in [0.15, 0.2) is 0 Å². The van der Waals surface area contributed by atoms with Crippen LogP contribution in [0.4, 0.5) is 10.1 Å². The highest BCUT2D eigenvalue weighted by atomic mass is 19.1. The summed E-state index contributed by atoms with van der Waals surface area (Å²) < 4.78 is 12.9. The lowest BCUT2D eigenvalue weighted by Gasteiger charge is -2.26. The maximum Gasteiger partial charge on any atom is 0.228 e. The van der Waals surface area contributed by atoms with Crippen LogP contribution in [0.25, 0.3) is 0 Å². The summed E-state index contributed by atoms with van der Waals surface area (Å²) in [5, 5.41) is 2.93. The highest BCUT2D eigenvalue weighted by Gasteiger charge is 2.11. The van der Waals surface area contributed by atoms with Crippen LogP contribution in [0.3, 0.4) is 0 Å². The van der Waals surface area contributed by atoms with Crippen molar-refractivity contribution in [3.05, 3.63) is 65.5 Å². The number of benzene rings is 2. The Labute approximate surface area is 142 Å². The van der Waals surface area contributed by atoms with Gasteiger partial charge in [-0.3, -0.25) is 9.69 Å². The summed E-state index contributed by atoms with van der Waals surface area (Å²) in [5.74, 6) is -0.374. The van der Waals surface area contributed by atoms with E-state index in [-0.39, 0.29) is 18.1 Å². The van der Waals surface area contributed by atoms with Crippen LogP contribution in [-0.4, -0.2) is 23.9 Å². The first kappa shape index (κ1) is 16.7. The van der Waals surface area contributed by atoms with Gasteiger partial charge in [-0.2, -0.15) is 0 Å². The number of likely N-dealkylation sites (tertiary alicyclic amines) is 1. The molecule has 1 N–H and O–H groups in total. The molecule has 2 aromatic rings. The van der Waals surface area contributed by atoms with Gasteiger partial charge < -0.3 is 5.32 Å². The van der Waals surface area contributed by atoms with E-state index in [1.165, 1.54) is 37.0 Å². The van der Waals surface area contributed by atoms with Gasteiger partial charge in [0.1, 0.15) is 5.82 Å². The zero-order chi connectivity index (χ0) is 16.8. The van der Waals surface area contributed by atoms with Crippen LogP contribution < -0.4 is 5.32 Å². The Hall–Kier alpha value is -2.20. The third-order valence-electron chi connectivity index (χ3n) is 4.34. The van der Waals surface area contributed by atoms with Gasteiger partial charge in [-0.05, 0) is 61.3 Å². The molecule has 3 rings (SSSR count). The van der Waals surface area contributed by atoms with Gasteiger partial charge in [-0.1, -0.05) is 30.7 Å². The molecule has 0 unspecified atom stereocenters. The first-order valence-corrected chi connectivity index (χ1v) is 8.55. The number of hydrogen-bond acceptors (Lipinski definition) is 2. The molecular formula is C20H23FN2O. The average Bonchev–Trinajstić information content (AvgIpc) is 2.58. The minimum Gasteiger partial charge on any atom is -0.326 e. The first-order valence-electron chi connectivity index (χ1n) is 8.55. The Morgan fingerprint density at radius 1 is 1.00 bits per heavy atom. The van der Waals surface area contributed by atoms with Crippen LogP contribution in [0.15, 0.2) is 48.5 Å². The molecule has 1 aliphatic rings. The van der Waals surface area contributed by atoms with Crippen LogP contribution in [0.5, 0.6) is 0 Å². The van der Waals surface area contributed by atoms with Crippen LogP contribution >= 0.6 is 0 Å². The number of nitrogens with zero attached hydrogens (tertiary/aromatic N) is 1. The van der Waals surface area contributed by atoms with Gasteiger partial charge in [-0.15, -0.1) is 0 Å². The van der Waals surface area contributed by atoms with Crippen molar-refractivity contribution in [2.45, 2.75) is 32.2 Å². The second-order valence-electron chi connectivity index (χ2n) is 6.39. The van der Waals surface area contributed by atoms with Crippen LogP contribution in [-0.2, 0) is 17.8 Å². The molecule has 1 amide bonds. The molecule has 0 bridgehead atoms. The fourth-order valence-electron chi connectivity index (χ4n) is 3.12. The number of nitrogens with one attached hydrogen (secondary N) is 1. The lowest BCUT2D eigenvalue weighted by Crippen LogP contribution is -2.29. The molecule has 3 nitrogen and oxygen atoms in total. The molecule has 0 spiro atoms. The Balaban J connectivity index is 1.57. The molecule has 0 aliphatic carbocycles. The molecule has 0 saturated carbocycles. The van der Waals surface area contributed by atoms with Crippen molar-refractivity contribution in [1.82, 2.24) is 4.90 Å². The first-order chi connectivity index (χ1) is 11.7. The maximum atomic E-state index is 12.9. The molecule has 24 heavy (non-hydrogen) atoms. The maximum absolute atomic E-state index is 12.9. The normalized spacial score (nSPS) is 15.2. The summed E-state index contributed by atoms with van der Waals surface area (Å²) in [4.78, 5) is 14.6. The Morgan fingerprint density at radius 3 is 2.50 bits per heavy atom. The second kappa shape index (κ2) is 8.06. The zero-order valence-corrected chi connectivity index (χ0v) is 13.8. The minimum atomic E-state index is -0.287. The van der Waals surface area contributed by atoms with E-state index >= 15 is 0 Å². The SMILES string of the molecule is O=C(Cc1ccc(F)cc1)Nc1cccc(CN2CCCCC2)c1. The summed E-state index contributed by atoms with van der Waals surface area (Å²) in [5.41, 5.74) is 2.84. The van der Waals surface area contributed by atoms with E-state index in [1.54, 1.807) is 12.1 Å². The van der Waals surface area contributed by atoms with E-state index in [1.807, 2.05) is 18.2 Å². The van der Waals surface area contributed by atoms with E-state index < -0.39 is 0 Å². The van der Waals surface area contributed by atoms with Gasteiger partial charge >= 0.3 is 0 Å². The van der Waals surface area contributed by atoms with E-state index in [0.717, 1.165) is 30.9 Å². The summed E-state index contributed by atoms with van der Waals surface area (Å²) in [7, 11) is 0. The van der Waals surface area contributed by atoms with Crippen molar-refractivity contribution in [2.24, 2.45) is 0 Å². The van der Waals surface area contributed by atoms with Crippen molar-refractivity contribution in [2.75, 3.05) is 18.4 Å². The lowest BCUT2D eigenvalue weighted by atomic mass is 10.1. The fraction of sp³-hybridized carbons (Fsp3) is 0.350. The van der Waals surface area contributed by atoms with Crippen molar-refractivity contribution in [1.29, 1.82) is 0 Å². The van der Waals surface area contributed by atoms with Gasteiger partial charge in [0, 0.05) is 12.2 Å². The average molecular weight is 326 g/mol. The van der Waals surface area contributed by atoms with Crippen molar-refractivity contribution in [3.8, 4) is 0 Å². The quantitative estimate of drug-likeness (QED) is 0.901. The van der Waals surface area contributed by atoms with Crippen molar-refractivity contribution in [3.63, 3.8) is 0 Å².